The van der Waals surface area contributed by atoms with Gasteiger partial charge in [-0.25, -0.2) is 4.79 Å². The minimum Gasteiger partial charge on any atom is -0.478 e. The molecule has 1 aromatic rings. The number of carbonyl (C=O) groups is 2. The van der Waals surface area contributed by atoms with Crippen LogP contribution in [0.3, 0.4) is 0 Å². The topological polar surface area (TPSA) is 70.8 Å². The molecule has 3 unspecified atom stereocenters. The number of aromatic carboxylic acids is 1. The molecule has 5 nitrogen and oxygen atoms in total. The van der Waals surface area contributed by atoms with E-state index in [9.17, 15) is 9.59 Å². The van der Waals surface area contributed by atoms with E-state index in [-0.39, 0.29) is 23.3 Å². The second-order valence-electron chi connectivity index (χ2n) is 5.52. The van der Waals surface area contributed by atoms with Crippen molar-refractivity contribution in [1.29, 1.82) is 0 Å². The number of amides is 1. The number of piperidine rings is 1. The lowest BCUT2D eigenvalue weighted by molar-refractivity contribution is 0.0425. The van der Waals surface area contributed by atoms with Gasteiger partial charge in [-0.3, -0.25) is 4.79 Å². The van der Waals surface area contributed by atoms with E-state index in [1.165, 1.54) is 6.07 Å². The van der Waals surface area contributed by atoms with E-state index in [1.807, 2.05) is 6.92 Å². The van der Waals surface area contributed by atoms with Crippen LogP contribution in [-0.4, -0.2) is 34.5 Å². The van der Waals surface area contributed by atoms with E-state index in [1.54, 1.807) is 4.90 Å². The number of carbonyl (C=O) groups excluding carboxylic acids is 1. The molecule has 0 spiro atoms. The Kier molecular flexibility index (Phi) is 3.64. The Morgan fingerprint density at radius 1 is 1.37 bits per heavy atom. The van der Waals surface area contributed by atoms with Crippen LogP contribution in [0.2, 0.25) is 0 Å². The predicted molar refractivity (Wildman–Crippen MR) is 69.1 cm³/mol. The van der Waals surface area contributed by atoms with Crippen LogP contribution in [0, 0.1) is 11.8 Å². The summed E-state index contributed by atoms with van der Waals surface area (Å²) in [5.74, 6) is -0.328. The monoisotopic (exact) mass is 265 g/mol. The van der Waals surface area contributed by atoms with Crippen LogP contribution in [0.15, 0.2) is 16.7 Å². The number of hydrogen-bond donors (Lipinski definition) is 1. The average molecular weight is 265 g/mol. The van der Waals surface area contributed by atoms with Gasteiger partial charge in [0.25, 0.3) is 5.91 Å². The molecule has 1 saturated heterocycles. The number of furan rings is 1. The largest absolute Gasteiger partial charge is 0.478 e. The summed E-state index contributed by atoms with van der Waals surface area (Å²) in [6.45, 7) is 6.96. The minimum absolute atomic E-state index is 0.00843. The number of carboxylic acid groups (broad SMARTS) is 1. The first-order chi connectivity index (χ1) is 8.90. The van der Waals surface area contributed by atoms with Crippen molar-refractivity contribution in [2.45, 2.75) is 33.2 Å². The molecule has 0 saturated carbocycles. The average Bonchev–Trinajstić information content (AvgIpc) is 2.82. The lowest BCUT2D eigenvalue weighted by Crippen LogP contribution is -2.48. The molecule has 0 radical (unpaired) electrons. The van der Waals surface area contributed by atoms with E-state index in [0.717, 1.165) is 12.7 Å². The predicted octanol–water partition coefficient (Wildman–Crippen LogP) is 2.48. The first-order valence-electron chi connectivity index (χ1n) is 6.53. The number of nitrogens with zero attached hydrogens (tertiary/aromatic N) is 1. The van der Waals surface area contributed by atoms with Crippen molar-refractivity contribution in [3.05, 3.63) is 23.7 Å². The van der Waals surface area contributed by atoms with Gasteiger partial charge >= 0.3 is 5.97 Å². The zero-order valence-corrected chi connectivity index (χ0v) is 11.4. The van der Waals surface area contributed by atoms with E-state index >= 15 is 0 Å². The first-order valence-corrected chi connectivity index (χ1v) is 6.53. The lowest BCUT2D eigenvalue weighted by atomic mass is 9.86. The molecule has 19 heavy (non-hydrogen) atoms. The van der Waals surface area contributed by atoms with Crippen LogP contribution in [-0.2, 0) is 0 Å². The number of likely N-dealkylation sites (tertiary alicyclic amines) is 1. The van der Waals surface area contributed by atoms with Crippen LogP contribution in [0.25, 0.3) is 0 Å². The third kappa shape index (κ3) is 2.64. The molecule has 1 fully saturated rings. The highest BCUT2D eigenvalue weighted by Crippen LogP contribution is 2.28. The third-order valence-electron chi connectivity index (χ3n) is 3.92. The van der Waals surface area contributed by atoms with Crippen molar-refractivity contribution >= 4 is 11.9 Å². The Morgan fingerprint density at radius 2 is 2.05 bits per heavy atom. The van der Waals surface area contributed by atoms with Crippen LogP contribution in [0.1, 0.15) is 48.1 Å². The van der Waals surface area contributed by atoms with Gasteiger partial charge in [0.05, 0.1) is 5.56 Å². The minimum atomic E-state index is -1.09. The molecule has 0 aliphatic carbocycles. The van der Waals surface area contributed by atoms with Crippen molar-refractivity contribution in [1.82, 2.24) is 4.90 Å². The molecule has 0 aromatic carbocycles. The third-order valence-corrected chi connectivity index (χ3v) is 3.92. The van der Waals surface area contributed by atoms with Gasteiger partial charge in [-0.1, -0.05) is 13.8 Å². The molecular weight excluding hydrogens is 246 g/mol. The summed E-state index contributed by atoms with van der Waals surface area (Å²) in [6, 6.07) is 1.43. The van der Waals surface area contributed by atoms with Crippen molar-refractivity contribution in [2.24, 2.45) is 11.8 Å². The standard InChI is InChI=1S/C14H19NO4/c1-8-4-9(2)10(3)15(6-8)13(16)12-5-11(7-19-12)14(17)18/h5,7-10H,4,6H2,1-3H3,(H,17,18). The van der Waals surface area contributed by atoms with Gasteiger partial charge in [-0.15, -0.1) is 0 Å². The maximum absolute atomic E-state index is 12.4. The number of rotatable bonds is 2. The normalized spacial score (nSPS) is 27.3. The van der Waals surface area contributed by atoms with E-state index in [2.05, 4.69) is 13.8 Å². The first kappa shape index (κ1) is 13.6. The SMILES string of the molecule is CC1CC(C)C(C)N(C(=O)c2cc(C(=O)O)co2)C1. The van der Waals surface area contributed by atoms with E-state index in [4.69, 9.17) is 9.52 Å². The highest BCUT2D eigenvalue weighted by molar-refractivity contribution is 5.95. The van der Waals surface area contributed by atoms with E-state index < -0.39 is 5.97 Å². The molecule has 2 heterocycles. The fraction of sp³-hybridized carbons (Fsp3) is 0.571. The van der Waals surface area contributed by atoms with Gasteiger partial charge in [0.1, 0.15) is 6.26 Å². The molecule has 104 valence electrons. The molecule has 1 aromatic heterocycles. The second-order valence-corrected chi connectivity index (χ2v) is 5.52. The molecular formula is C14H19NO4. The maximum atomic E-state index is 12.4. The number of hydrogen-bond acceptors (Lipinski definition) is 3. The van der Waals surface area contributed by atoms with Crippen molar-refractivity contribution in [3.8, 4) is 0 Å². The summed E-state index contributed by atoms with van der Waals surface area (Å²) >= 11 is 0. The van der Waals surface area contributed by atoms with E-state index in [0.29, 0.717) is 18.4 Å². The van der Waals surface area contributed by atoms with Gasteiger partial charge in [-0.05, 0) is 25.2 Å². The zero-order chi connectivity index (χ0) is 14.2. The molecule has 3 atom stereocenters. The highest BCUT2D eigenvalue weighted by Gasteiger charge is 2.33. The summed E-state index contributed by atoms with van der Waals surface area (Å²) in [6.07, 6.45) is 2.21. The fourth-order valence-electron chi connectivity index (χ4n) is 2.69. The molecule has 5 heteroatoms. The van der Waals surface area contributed by atoms with Crippen molar-refractivity contribution in [3.63, 3.8) is 0 Å². The van der Waals surface area contributed by atoms with Gasteiger partial charge in [0, 0.05) is 18.7 Å². The van der Waals surface area contributed by atoms with Crippen molar-refractivity contribution in [2.75, 3.05) is 6.54 Å². The molecule has 1 amide bonds. The summed E-state index contributed by atoms with van der Waals surface area (Å²) in [5, 5.41) is 8.84. The Hall–Kier alpha value is -1.78. The van der Waals surface area contributed by atoms with Gasteiger partial charge in [0.2, 0.25) is 0 Å². The molecule has 1 aliphatic heterocycles. The summed E-state index contributed by atoms with van der Waals surface area (Å²) in [5.41, 5.74) is 0.00843. The Morgan fingerprint density at radius 3 is 2.63 bits per heavy atom. The Bertz CT molecular complexity index is 493. The fourth-order valence-corrected chi connectivity index (χ4v) is 2.69. The lowest BCUT2D eigenvalue weighted by Gasteiger charge is -2.40. The smallest absolute Gasteiger partial charge is 0.338 e. The van der Waals surface area contributed by atoms with Gasteiger partial charge in [0.15, 0.2) is 5.76 Å². The molecule has 2 rings (SSSR count). The highest BCUT2D eigenvalue weighted by atomic mass is 16.4. The van der Waals surface area contributed by atoms with Crippen LogP contribution < -0.4 is 0 Å². The second kappa shape index (κ2) is 5.07. The molecule has 1 N–H and O–H groups in total. The summed E-state index contributed by atoms with van der Waals surface area (Å²) in [4.78, 5) is 25.0. The molecule has 0 bridgehead atoms. The maximum Gasteiger partial charge on any atom is 0.338 e. The van der Waals surface area contributed by atoms with Gasteiger partial charge < -0.3 is 14.4 Å². The van der Waals surface area contributed by atoms with Crippen molar-refractivity contribution < 1.29 is 19.1 Å². The van der Waals surface area contributed by atoms with Crippen LogP contribution >= 0.6 is 0 Å². The molecule has 1 aliphatic rings. The van der Waals surface area contributed by atoms with Crippen LogP contribution in [0.4, 0.5) is 0 Å². The van der Waals surface area contributed by atoms with Crippen LogP contribution in [0.5, 0.6) is 0 Å². The zero-order valence-electron chi connectivity index (χ0n) is 11.4. The summed E-state index contributed by atoms with van der Waals surface area (Å²) in [7, 11) is 0. The Labute approximate surface area is 112 Å². The Balaban J connectivity index is 2.19. The number of carboxylic acids is 1. The van der Waals surface area contributed by atoms with Gasteiger partial charge in [-0.2, -0.15) is 0 Å². The summed E-state index contributed by atoms with van der Waals surface area (Å²) < 4.78 is 5.09. The quantitative estimate of drug-likeness (QED) is 0.891.